The molecule has 0 bridgehead atoms. The van der Waals surface area contributed by atoms with Gasteiger partial charge in [-0.3, -0.25) is 0 Å². The maximum atomic E-state index is 13.2. The standard InChI is InChI=1S/C13H13F2N3S/c1-7-12(16-3)17-8(2)18-13(7)19-9-4-5-10(14)11(15)6-9/h4-6H,1-3H3,(H,16,17,18). The summed E-state index contributed by atoms with van der Waals surface area (Å²) in [7, 11) is 1.78. The zero-order valence-electron chi connectivity index (χ0n) is 10.8. The van der Waals surface area contributed by atoms with Gasteiger partial charge in [0.25, 0.3) is 0 Å². The number of nitrogens with one attached hydrogen (secondary N) is 1. The molecule has 0 unspecified atom stereocenters. The van der Waals surface area contributed by atoms with Crippen molar-refractivity contribution in [2.75, 3.05) is 12.4 Å². The lowest BCUT2D eigenvalue weighted by Gasteiger charge is -2.10. The Morgan fingerprint density at radius 2 is 1.84 bits per heavy atom. The first-order valence-corrected chi connectivity index (χ1v) is 6.49. The molecule has 0 aliphatic heterocycles. The smallest absolute Gasteiger partial charge is 0.159 e. The largest absolute Gasteiger partial charge is 0.373 e. The van der Waals surface area contributed by atoms with Crippen LogP contribution in [0.5, 0.6) is 0 Å². The number of benzene rings is 1. The second-order valence-electron chi connectivity index (χ2n) is 3.98. The summed E-state index contributed by atoms with van der Waals surface area (Å²) in [6.07, 6.45) is 0. The third-order valence-electron chi connectivity index (χ3n) is 2.56. The molecule has 2 aromatic rings. The van der Waals surface area contributed by atoms with Crippen LogP contribution in [-0.2, 0) is 0 Å². The van der Waals surface area contributed by atoms with E-state index >= 15 is 0 Å². The van der Waals surface area contributed by atoms with Crippen LogP contribution in [0.2, 0.25) is 0 Å². The number of hydrogen-bond acceptors (Lipinski definition) is 4. The van der Waals surface area contributed by atoms with Crippen molar-refractivity contribution in [2.24, 2.45) is 0 Å². The number of aryl methyl sites for hydroxylation is 1. The highest BCUT2D eigenvalue weighted by atomic mass is 32.2. The lowest BCUT2D eigenvalue weighted by atomic mass is 10.3. The van der Waals surface area contributed by atoms with Gasteiger partial charge in [0.15, 0.2) is 11.6 Å². The summed E-state index contributed by atoms with van der Waals surface area (Å²) >= 11 is 1.28. The van der Waals surface area contributed by atoms with Crippen LogP contribution in [0, 0.1) is 25.5 Å². The third kappa shape index (κ3) is 3.01. The summed E-state index contributed by atoms with van der Waals surface area (Å²) in [6, 6.07) is 3.80. The van der Waals surface area contributed by atoms with Crippen molar-refractivity contribution in [1.29, 1.82) is 0 Å². The topological polar surface area (TPSA) is 37.8 Å². The summed E-state index contributed by atoms with van der Waals surface area (Å²) in [6.45, 7) is 3.67. The molecule has 0 fully saturated rings. The first kappa shape index (κ1) is 13.7. The van der Waals surface area contributed by atoms with Crippen molar-refractivity contribution in [3.63, 3.8) is 0 Å². The average Bonchev–Trinajstić information content (AvgIpc) is 2.37. The number of aromatic nitrogens is 2. The molecule has 1 aromatic carbocycles. The number of halogens is 2. The minimum Gasteiger partial charge on any atom is -0.373 e. The van der Waals surface area contributed by atoms with E-state index in [-0.39, 0.29) is 0 Å². The van der Waals surface area contributed by atoms with Crippen molar-refractivity contribution in [1.82, 2.24) is 9.97 Å². The highest BCUT2D eigenvalue weighted by Gasteiger charge is 2.11. The second-order valence-corrected chi connectivity index (χ2v) is 5.04. The molecule has 0 radical (unpaired) electrons. The molecule has 0 amide bonds. The minimum atomic E-state index is -0.859. The van der Waals surface area contributed by atoms with Gasteiger partial charge in [0.05, 0.1) is 0 Å². The second kappa shape index (κ2) is 5.52. The zero-order chi connectivity index (χ0) is 14.0. The monoisotopic (exact) mass is 281 g/mol. The van der Waals surface area contributed by atoms with Crippen molar-refractivity contribution in [2.45, 2.75) is 23.8 Å². The summed E-state index contributed by atoms with van der Waals surface area (Å²) in [5, 5.41) is 3.71. The summed E-state index contributed by atoms with van der Waals surface area (Å²) in [5.74, 6) is -0.351. The molecule has 6 heteroatoms. The number of rotatable bonds is 3. The molecule has 3 nitrogen and oxygen atoms in total. The molecule has 0 aliphatic carbocycles. The molecule has 0 atom stereocenters. The van der Waals surface area contributed by atoms with Crippen LogP contribution in [0.3, 0.4) is 0 Å². The average molecular weight is 281 g/mol. The molecule has 0 saturated carbocycles. The van der Waals surface area contributed by atoms with Gasteiger partial charge >= 0.3 is 0 Å². The van der Waals surface area contributed by atoms with Gasteiger partial charge in [-0.1, -0.05) is 11.8 Å². The van der Waals surface area contributed by atoms with E-state index in [1.807, 2.05) is 6.92 Å². The van der Waals surface area contributed by atoms with Crippen LogP contribution in [0.15, 0.2) is 28.1 Å². The quantitative estimate of drug-likeness (QED) is 0.873. The molecule has 100 valence electrons. The Bertz CT molecular complexity index is 617. The number of nitrogens with zero attached hydrogens (tertiary/aromatic N) is 2. The Hall–Kier alpha value is -1.69. The lowest BCUT2D eigenvalue weighted by Crippen LogP contribution is -2.02. The summed E-state index contributed by atoms with van der Waals surface area (Å²) in [4.78, 5) is 9.18. The van der Waals surface area contributed by atoms with E-state index in [4.69, 9.17) is 0 Å². The van der Waals surface area contributed by atoms with E-state index in [2.05, 4.69) is 15.3 Å². The predicted octanol–water partition coefficient (Wildman–Crippen LogP) is 3.56. The Balaban J connectivity index is 2.37. The van der Waals surface area contributed by atoms with E-state index in [1.54, 1.807) is 14.0 Å². The van der Waals surface area contributed by atoms with E-state index in [9.17, 15) is 8.78 Å². The fraction of sp³-hybridized carbons (Fsp3) is 0.231. The molecular formula is C13H13F2N3S. The van der Waals surface area contributed by atoms with Gasteiger partial charge in [-0.05, 0) is 32.0 Å². The molecule has 19 heavy (non-hydrogen) atoms. The van der Waals surface area contributed by atoms with Gasteiger partial charge in [-0.25, -0.2) is 18.7 Å². The van der Waals surface area contributed by atoms with Crippen molar-refractivity contribution < 1.29 is 8.78 Å². The van der Waals surface area contributed by atoms with Crippen molar-refractivity contribution in [3.05, 3.63) is 41.2 Å². The Labute approximate surface area is 114 Å². The Kier molecular flexibility index (Phi) is 3.99. The molecule has 2 rings (SSSR count). The van der Waals surface area contributed by atoms with Gasteiger partial charge in [0, 0.05) is 17.5 Å². The number of anilines is 1. The van der Waals surface area contributed by atoms with Crippen LogP contribution in [0.25, 0.3) is 0 Å². The van der Waals surface area contributed by atoms with Gasteiger partial charge in [0.2, 0.25) is 0 Å². The molecule has 1 N–H and O–H groups in total. The molecule has 1 heterocycles. The highest BCUT2D eigenvalue weighted by Crippen LogP contribution is 2.31. The maximum Gasteiger partial charge on any atom is 0.159 e. The van der Waals surface area contributed by atoms with E-state index in [0.717, 1.165) is 28.5 Å². The first-order valence-electron chi connectivity index (χ1n) is 5.67. The van der Waals surface area contributed by atoms with Crippen LogP contribution in [-0.4, -0.2) is 17.0 Å². The van der Waals surface area contributed by atoms with Gasteiger partial charge < -0.3 is 5.32 Å². The third-order valence-corrected chi connectivity index (χ3v) is 3.64. The molecule has 0 saturated heterocycles. The van der Waals surface area contributed by atoms with E-state index < -0.39 is 11.6 Å². The molecule has 0 aliphatic rings. The van der Waals surface area contributed by atoms with Crippen LogP contribution in [0.1, 0.15) is 11.4 Å². The highest BCUT2D eigenvalue weighted by molar-refractivity contribution is 7.99. The van der Waals surface area contributed by atoms with Gasteiger partial charge in [-0.15, -0.1) is 0 Å². The maximum absolute atomic E-state index is 13.2. The summed E-state index contributed by atoms with van der Waals surface area (Å²) < 4.78 is 26.1. The van der Waals surface area contributed by atoms with Crippen LogP contribution < -0.4 is 5.32 Å². The molecular weight excluding hydrogens is 268 g/mol. The van der Waals surface area contributed by atoms with Gasteiger partial charge in [0.1, 0.15) is 16.7 Å². The first-order chi connectivity index (χ1) is 9.01. The van der Waals surface area contributed by atoms with Crippen molar-refractivity contribution in [3.8, 4) is 0 Å². The summed E-state index contributed by atoms with van der Waals surface area (Å²) in [5.41, 5.74) is 0.878. The zero-order valence-corrected chi connectivity index (χ0v) is 11.6. The molecule has 1 aromatic heterocycles. The predicted molar refractivity (Wildman–Crippen MR) is 71.5 cm³/mol. The molecule has 0 spiro atoms. The lowest BCUT2D eigenvalue weighted by molar-refractivity contribution is 0.506. The van der Waals surface area contributed by atoms with Crippen LogP contribution in [0.4, 0.5) is 14.6 Å². The Morgan fingerprint density at radius 3 is 2.47 bits per heavy atom. The minimum absolute atomic E-state index is 0.599. The van der Waals surface area contributed by atoms with Crippen LogP contribution >= 0.6 is 11.8 Å². The number of hydrogen-bond donors (Lipinski definition) is 1. The van der Waals surface area contributed by atoms with E-state index in [0.29, 0.717) is 10.7 Å². The van der Waals surface area contributed by atoms with Crippen molar-refractivity contribution >= 4 is 17.6 Å². The fourth-order valence-electron chi connectivity index (χ4n) is 1.60. The SMILES string of the molecule is CNc1nc(C)nc(Sc2ccc(F)c(F)c2)c1C. The Morgan fingerprint density at radius 1 is 1.11 bits per heavy atom. The van der Waals surface area contributed by atoms with Gasteiger partial charge in [-0.2, -0.15) is 0 Å². The fourth-order valence-corrected chi connectivity index (χ4v) is 2.55. The van der Waals surface area contributed by atoms with E-state index in [1.165, 1.54) is 17.8 Å². The normalized spacial score (nSPS) is 10.6.